The van der Waals surface area contributed by atoms with Crippen molar-refractivity contribution in [2.24, 2.45) is 0 Å². The first-order valence-electron chi connectivity index (χ1n) is 7.50. The quantitative estimate of drug-likeness (QED) is 0.827. The molecule has 0 saturated heterocycles. The van der Waals surface area contributed by atoms with Crippen molar-refractivity contribution >= 4 is 5.70 Å². The first-order chi connectivity index (χ1) is 10.3. The lowest BCUT2D eigenvalue weighted by molar-refractivity contribution is 0.340. The highest BCUT2D eigenvalue weighted by molar-refractivity contribution is 5.69. The van der Waals surface area contributed by atoms with Gasteiger partial charge >= 0.3 is 0 Å². The highest BCUT2D eigenvalue weighted by Gasteiger charge is 2.01. The van der Waals surface area contributed by atoms with Gasteiger partial charge in [0, 0.05) is 12.7 Å². The Bertz CT molecular complexity index is 582. The summed E-state index contributed by atoms with van der Waals surface area (Å²) < 4.78 is 5.47. The fourth-order valence-electron chi connectivity index (χ4n) is 2.32. The molecule has 0 heterocycles. The van der Waals surface area contributed by atoms with E-state index in [2.05, 4.69) is 54.7 Å². The summed E-state index contributed by atoms with van der Waals surface area (Å²) in [4.78, 5) is 0. The number of hydrogen-bond donors (Lipinski definition) is 1. The minimum atomic E-state index is 0.699. The molecule has 2 nitrogen and oxygen atoms in total. The second kappa shape index (κ2) is 7.53. The molecule has 0 spiro atoms. The minimum absolute atomic E-state index is 0.699. The molecule has 0 amide bonds. The van der Waals surface area contributed by atoms with Crippen LogP contribution in [0.5, 0.6) is 5.75 Å². The molecule has 21 heavy (non-hydrogen) atoms. The van der Waals surface area contributed by atoms with Crippen molar-refractivity contribution in [1.29, 1.82) is 0 Å². The van der Waals surface area contributed by atoms with Crippen molar-refractivity contribution in [2.45, 2.75) is 20.3 Å². The van der Waals surface area contributed by atoms with Gasteiger partial charge in [0.05, 0.1) is 6.61 Å². The smallest absolute Gasteiger partial charge is 0.119 e. The topological polar surface area (TPSA) is 21.3 Å². The average Bonchev–Trinajstić information content (AvgIpc) is 2.54. The second-order valence-corrected chi connectivity index (χ2v) is 4.81. The van der Waals surface area contributed by atoms with Gasteiger partial charge in [0.1, 0.15) is 5.75 Å². The van der Waals surface area contributed by atoms with Crippen LogP contribution in [-0.2, 0) is 0 Å². The van der Waals surface area contributed by atoms with E-state index in [4.69, 9.17) is 4.74 Å². The van der Waals surface area contributed by atoms with Gasteiger partial charge < -0.3 is 10.1 Å². The third-order valence-electron chi connectivity index (χ3n) is 3.37. The molecule has 0 bridgehead atoms. The molecule has 0 fully saturated rings. The summed E-state index contributed by atoms with van der Waals surface area (Å²) in [6, 6.07) is 16.9. The number of allylic oxidation sites excluding steroid dienone is 1. The van der Waals surface area contributed by atoms with E-state index in [1.807, 2.05) is 26.1 Å². The van der Waals surface area contributed by atoms with E-state index in [1.165, 1.54) is 22.4 Å². The van der Waals surface area contributed by atoms with Crippen molar-refractivity contribution in [1.82, 2.24) is 5.32 Å². The SMILES string of the molecule is CC/C=C(/NC)c1ccc(-c2ccc(OCC)cc2)cc1. The largest absolute Gasteiger partial charge is 0.494 e. The maximum Gasteiger partial charge on any atom is 0.119 e. The lowest BCUT2D eigenvalue weighted by Gasteiger charge is -2.09. The second-order valence-electron chi connectivity index (χ2n) is 4.81. The molecule has 2 aromatic carbocycles. The zero-order valence-electron chi connectivity index (χ0n) is 13.0. The number of ether oxygens (including phenoxy) is 1. The molecule has 0 unspecified atom stereocenters. The first-order valence-corrected chi connectivity index (χ1v) is 7.50. The lowest BCUT2D eigenvalue weighted by Crippen LogP contribution is -2.04. The van der Waals surface area contributed by atoms with Crippen molar-refractivity contribution in [3.05, 3.63) is 60.2 Å². The summed E-state index contributed by atoms with van der Waals surface area (Å²) in [5.41, 5.74) is 4.81. The van der Waals surface area contributed by atoms with E-state index < -0.39 is 0 Å². The van der Waals surface area contributed by atoms with Gasteiger partial charge in [0.2, 0.25) is 0 Å². The summed E-state index contributed by atoms with van der Waals surface area (Å²) >= 11 is 0. The molecule has 2 aromatic rings. The Morgan fingerprint density at radius 1 is 0.952 bits per heavy atom. The first kappa shape index (κ1) is 15.2. The predicted molar refractivity (Wildman–Crippen MR) is 90.4 cm³/mol. The van der Waals surface area contributed by atoms with Crippen LogP contribution < -0.4 is 10.1 Å². The van der Waals surface area contributed by atoms with Gasteiger partial charge in [0.25, 0.3) is 0 Å². The van der Waals surface area contributed by atoms with E-state index >= 15 is 0 Å². The molecule has 2 rings (SSSR count). The molecule has 0 atom stereocenters. The van der Waals surface area contributed by atoms with Crippen LogP contribution in [0.4, 0.5) is 0 Å². The molecule has 2 heteroatoms. The fourth-order valence-corrected chi connectivity index (χ4v) is 2.32. The fraction of sp³-hybridized carbons (Fsp3) is 0.263. The van der Waals surface area contributed by atoms with Crippen LogP contribution in [0.2, 0.25) is 0 Å². The number of rotatable bonds is 6. The molecule has 0 aliphatic heterocycles. The molecular weight excluding hydrogens is 258 g/mol. The van der Waals surface area contributed by atoms with E-state index in [0.29, 0.717) is 6.61 Å². The molecule has 1 N–H and O–H groups in total. The Morgan fingerprint density at radius 2 is 1.52 bits per heavy atom. The third kappa shape index (κ3) is 3.88. The lowest BCUT2D eigenvalue weighted by atomic mass is 10.0. The molecule has 0 aliphatic carbocycles. The Kier molecular flexibility index (Phi) is 5.44. The average molecular weight is 281 g/mol. The summed E-state index contributed by atoms with van der Waals surface area (Å²) in [5, 5.41) is 3.24. The van der Waals surface area contributed by atoms with Gasteiger partial charge in [-0.15, -0.1) is 0 Å². The normalized spacial score (nSPS) is 11.3. The maximum atomic E-state index is 5.47. The van der Waals surface area contributed by atoms with Crippen LogP contribution in [0.3, 0.4) is 0 Å². The molecular formula is C19H23NO. The summed E-state index contributed by atoms with van der Waals surface area (Å²) in [6.45, 7) is 4.84. The monoisotopic (exact) mass is 281 g/mol. The zero-order valence-corrected chi connectivity index (χ0v) is 13.0. The Morgan fingerprint density at radius 3 is 2.00 bits per heavy atom. The summed E-state index contributed by atoms with van der Waals surface area (Å²) in [6.07, 6.45) is 3.22. The minimum Gasteiger partial charge on any atom is -0.494 e. The maximum absolute atomic E-state index is 5.47. The van der Waals surface area contributed by atoms with E-state index in [1.54, 1.807) is 0 Å². The molecule has 0 saturated carbocycles. The zero-order chi connectivity index (χ0) is 15.1. The van der Waals surface area contributed by atoms with Crippen LogP contribution in [0.15, 0.2) is 54.6 Å². The Balaban J connectivity index is 2.20. The highest BCUT2D eigenvalue weighted by Crippen LogP contribution is 2.24. The van der Waals surface area contributed by atoms with Gasteiger partial charge in [-0.05, 0) is 42.2 Å². The van der Waals surface area contributed by atoms with Crippen LogP contribution in [0.1, 0.15) is 25.8 Å². The number of benzene rings is 2. The van der Waals surface area contributed by atoms with Crippen LogP contribution in [0.25, 0.3) is 16.8 Å². The summed E-state index contributed by atoms with van der Waals surface area (Å²) in [7, 11) is 1.96. The van der Waals surface area contributed by atoms with Gasteiger partial charge in [-0.3, -0.25) is 0 Å². The molecule has 0 aliphatic rings. The predicted octanol–water partition coefficient (Wildman–Crippen LogP) is 4.72. The van der Waals surface area contributed by atoms with Gasteiger partial charge in [-0.1, -0.05) is 49.4 Å². The highest BCUT2D eigenvalue weighted by atomic mass is 16.5. The van der Waals surface area contributed by atoms with Crippen molar-refractivity contribution in [2.75, 3.05) is 13.7 Å². The van der Waals surface area contributed by atoms with E-state index in [9.17, 15) is 0 Å². The van der Waals surface area contributed by atoms with Crippen molar-refractivity contribution < 1.29 is 4.74 Å². The van der Waals surface area contributed by atoms with Crippen LogP contribution in [0, 0.1) is 0 Å². The Labute approximate surface area is 127 Å². The number of nitrogens with one attached hydrogen (secondary N) is 1. The molecule has 0 aromatic heterocycles. The van der Waals surface area contributed by atoms with E-state index in [0.717, 1.165) is 12.2 Å². The van der Waals surface area contributed by atoms with Gasteiger partial charge in [0.15, 0.2) is 0 Å². The van der Waals surface area contributed by atoms with Gasteiger partial charge in [-0.25, -0.2) is 0 Å². The third-order valence-corrected chi connectivity index (χ3v) is 3.37. The Hall–Kier alpha value is -2.22. The van der Waals surface area contributed by atoms with Gasteiger partial charge in [-0.2, -0.15) is 0 Å². The van der Waals surface area contributed by atoms with Crippen LogP contribution in [-0.4, -0.2) is 13.7 Å². The molecule has 110 valence electrons. The molecule has 0 radical (unpaired) electrons. The van der Waals surface area contributed by atoms with E-state index in [-0.39, 0.29) is 0 Å². The number of hydrogen-bond acceptors (Lipinski definition) is 2. The standard InChI is InChI=1S/C19H23NO/c1-4-6-19(20-3)17-9-7-15(8-10-17)16-11-13-18(14-12-16)21-5-2/h6-14,20H,4-5H2,1-3H3/b19-6+. The van der Waals surface area contributed by atoms with Crippen LogP contribution >= 0.6 is 0 Å². The van der Waals surface area contributed by atoms with Crippen molar-refractivity contribution in [3.8, 4) is 16.9 Å². The van der Waals surface area contributed by atoms with Crippen molar-refractivity contribution in [3.63, 3.8) is 0 Å². The summed E-state index contributed by atoms with van der Waals surface area (Å²) in [5.74, 6) is 0.918.